The minimum absolute atomic E-state index is 0.277. The monoisotopic (exact) mass is 167 g/mol. The zero-order valence-electron chi connectivity index (χ0n) is 7.13. The van der Waals surface area contributed by atoms with E-state index in [9.17, 15) is 4.79 Å². The van der Waals surface area contributed by atoms with Crippen LogP contribution in [0.2, 0.25) is 0 Å². The molecule has 0 radical (unpaired) electrons. The number of hydrogen-bond acceptors (Lipinski definition) is 2. The molecule has 1 saturated carbocycles. The fraction of sp³-hybridized carbons (Fsp3) is 0.750. The number of carbonyl (C=O) groups is 1. The van der Waals surface area contributed by atoms with E-state index in [4.69, 9.17) is 5.73 Å². The van der Waals surface area contributed by atoms with Gasteiger partial charge in [-0.05, 0) is 25.2 Å². The van der Waals surface area contributed by atoms with Crippen molar-refractivity contribution in [1.82, 2.24) is 5.32 Å². The highest BCUT2D eigenvalue weighted by molar-refractivity contribution is 6.06. The van der Waals surface area contributed by atoms with Crippen LogP contribution in [0.4, 0.5) is 4.79 Å². The summed E-state index contributed by atoms with van der Waals surface area (Å²) < 4.78 is 0. The molecule has 66 valence electrons. The highest BCUT2D eigenvalue weighted by Crippen LogP contribution is 2.43. The van der Waals surface area contributed by atoms with Crippen molar-refractivity contribution >= 4 is 11.9 Å². The molecule has 0 saturated heterocycles. The van der Waals surface area contributed by atoms with Gasteiger partial charge < -0.3 is 11.1 Å². The Morgan fingerprint density at radius 3 is 2.75 bits per heavy atom. The zero-order chi connectivity index (χ0) is 8.77. The largest absolute Gasteiger partial charge is 0.385 e. The zero-order valence-corrected chi connectivity index (χ0v) is 7.13. The SMILES string of the molecule is CCC1(C2CC2)NC(=O)N=C1N. The maximum absolute atomic E-state index is 11.0. The average molecular weight is 167 g/mol. The van der Waals surface area contributed by atoms with Gasteiger partial charge in [-0.3, -0.25) is 0 Å². The summed E-state index contributed by atoms with van der Waals surface area (Å²) in [6.45, 7) is 2.03. The van der Waals surface area contributed by atoms with Crippen LogP contribution in [0.5, 0.6) is 0 Å². The van der Waals surface area contributed by atoms with Gasteiger partial charge in [0.15, 0.2) is 0 Å². The standard InChI is InChI=1S/C8H13N3O/c1-2-8(5-3-4-5)6(9)10-7(12)11-8/h5H,2-4H2,1H3,(H3,9,10,11,12). The summed E-state index contributed by atoms with van der Waals surface area (Å²) in [4.78, 5) is 14.7. The maximum atomic E-state index is 11.0. The van der Waals surface area contributed by atoms with E-state index in [1.54, 1.807) is 0 Å². The molecule has 0 bridgehead atoms. The van der Waals surface area contributed by atoms with Crippen molar-refractivity contribution in [3.8, 4) is 0 Å². The van der Waals surface area contributed by atoms with Crippen molar-refractivity contribution in [2.24, 2.45) is 16.6 Å². The van der Waals surface area contributed by atoms with Crippen LogP contribution in [0.1, 0.15) is 26.2 Å². The Morgan fingerprint density at radius 1 is 1.75 bits per heavy atom. The Bertz CT molecular complexity index is 257. The molecule has 0 aromatic rings. The van der Waals surface area contributed by atoms with Gasteiger partial charge in [0, 0.05) is 0 Å². The summed E-state index contributed by atoms with van der Waals surface area (Å²) in [6, 6.07) is -0.277. The number of nitrogens with zero attached hydrogens (tertiary/aromatic N) is 1. The van der Waals surface area contributed by atoms with E-state index in [1.807, 2.05) is 6.92 Å². The van der Waals surface area contributed by atoms with E-state index in [1.165, 1.54) is 0 Å². The van der Waals surface area contributed by atoms with Crippen molar-refractivity contribution < 1.29 is 4.79 Å². The average Bonchev–Trinajstić information content (AvgIpc) is 2.79. The molecule has 12 heavy (non-hydrogen) atoms. The number of urea groups is 1. The predicted molar refractivity (Wildman–Crippen MR) is 45.9 cm³/mol. The second-order valence-corrected chi connectivity index (χ2v) is 3.53. The van der Waals surface area contributed by atoms with Crippen molar-refractivity contribution in [1.29, 1.82) is 0 Å². The number of aliphatic imine (C=N–C) groups is 1. The molecule has 1 unspecified atom stereocenters. The third kappa shape index (κ3) is 0.838. The lowest BCUT2D eigenvalue weighted by molar-refractivity contribution is 0.243. The molecule has 1 heterocycles. The smallest absolute Gasteiger partial charge is 0.343 e. The Hall–Kier alpha value is -1.06. The van der Waals surface area contributed by atoms with E-state index in [0.717, 1.165) is 19.3 Å². The number of nitrogens with two attached hydrogens (primary N) is 1. The van der Waals surface area contributed by atoms with Crippen molar-refractivity contribution in [3.63, 3.8) is 0 Å². The van der Waals surface area contributed by atoms with Gasteiger partial charge in [-0.1, -0.05) is 6.92 Å². The number of amidine groups is 1. The molecule has 2 rings (SSSR count). The van der Waals surface area contributed by atoms with Crippen LogP contribution in [-0.4, -0.2) is 17.4 Å². The van der Waals surface area contributed by atoms with Gasteiger partial charge in [0.1, 0.15) is 11.4 Å². The quantitative estimate of drug-likeness (QED) is 0.633. The molecule has 3 N–H and O–H groups in total. The number of rotatable bonds is 2. The first-order valence-electron chi connectivity index (χ1n) is 4.36. The first-order chi connectivity index (χ1) is 5.69. The Labute approximate surface area is 71.2 Å². The predicted octanol–water partition coefficient (Wildman–Crippen LogP) is 0.626. The molecule has 2 amide bonds. The van der Waals surface area contributed by atoms with Crippen LogP contribution in [0.25, 0.3) is 0 Å². The van der Waals surface area contributed by atoms with Crippen LogP contribution in [0, 0.1) is 5.92 Å². The van der Waals surface area contributed by atoms with Crippen molar-refractivity contribution in [2.75, 3.05) is 0 Å². The van der Waals surface area contributed by atoms with Crippen LogP contribution in [0.3, 0.4) is 0 Å². The third-order valence-electron chi connectivity index (χ3n) is 2.84. The summed E-state index contributed by atoms with van der Waals surface area (Å²) in [7, 11) is 0. The second-order valence-electron chi connectivity index (χ2n) is 3.53. The van der Waals surface area contributed by atoms with Gasteiger partial charge >= 0.3 is 6.03 Å². The summed E-state index contributed by atoms with van der Waals surface area (Å²) in [5.41, 5.74) is 5.43. The van der Waals surface area contributed by atoms with Crippen LogP contribution in [0.15, 0.2) is 4.99 Å². The summed E-state index contributed by atoms with van der Waals surface area (Å²) in [5.74, 6) is 1.01. The normalized spacial score (nSPS) is 34.8. The van der Waals surface area contributed by atoms with Crippen LogP contribution < -0.4 is 11.1 Å². The first kappa shape index (κ1) is 7.58. The highest BCUT2D eigenvalue weighted by Gasteiger charge is 2.50. The molecular weight excluding hydrogens is 154 g/mol. The van der Waals surface area contributed by atoms with E-state index in [2.05, 4.69) is 10.3 Å². The maximum Gasteiger partial charge on any atom is 0.343 e. The van der Waals surface area contributed by atoms with Gasteiger partial charge in [0.2, 0.25) is 0 Å². The van der Waals surface area contributed by atoms with Crippen LogP contribution in [-0.2, 0) is 0 Å². The van der Waals surface area contributed by atoms with E-state index in [0.29, 0.717) is 11.8 Å². The molecule has 1 fully saturated rings. The van der Waals surface area contributed by atoms with Gasteiger partial charge in [-0.15, -0.1) is 0 Å². The van der Waals surface area contributed by atoms with Crippen molar-refractivity contribution in [2.45, 2.75) is 31.7 Å². The third-order valence-corrected chi connectivity index (χ3v) is 2.84. The molecule has 0 aromatic carbocycles. The minimum atomic E-state index is -0.295. The van der Waals surface area contributed by atoms with E-state index < -0.39 is 0 Å². The van der Waals surface area contributed by atoms with Gasteiger partial charge in [0.05, 0.1) is 0 Å². The molecule has 2 aliphatic rings. The summed E-state index contributed by atoms with van der Waals surface area (Å²) >= 11 is 0. The fourth-order valence-corrected chi connectivity index (χ4v) is 1.94. The van der Waals surface area contributed by atoms with E-state index in [-0.39, 0.29) is 11.6 Å². The Kier molecular flexibility index (Phi) is 1.40. The molecule has 1 aliphatic carbocycles. The summed E-state index contributed by atoms with van der Waals surface area (Å²) in [5, 5.41) is 2.86. The van der Waals surface area contributed by atoms with Crippen LogP contribution >= 0.6 is 0 Å². The van der Waals surface area contributed by atoms with Gasteiger partial charge in [0.25, 0.3) is 0 Å². The Balaban J connectivity index is 2.29. The lowest BCUT2D eigenvalue weighted by Crippen LogP contribution is -2.53. The molecule has 0 aromatic heterocycles. The number of hydrogen-bond donors (Lipinski definition) is 2. The number of amides is 2. The van der Waals surface area contributed by atoms with Crippen molar-refractivity contribution in [3.05, 3.63) is 0 Å². The second kappa shape index (κ2) is 2.21. The minimum Gasteiger partial charge on any atom is -0.385 e. The van der Waals surface area contributed by atoms with Gasteiger partial charge in [-0.25, -0.2) is 4.79 Å². The number of carbonyl (C=O) groups excluding carboxylic acids is 1. The summed E-state index contributed by atoms with van der Waals surface area (Å²) in [6.07, 6.45) is 3.16. The molecule has 4 nitrogen and oxygen atoms in total. The van der Waals surface area contributed by atoms with E-state index >= 15 is 0 Å². The molecule has 1 atom stereocenters. The lowest BCUT2D eigenvalue weighted by Gasteiger charge is -2.27. The fourth-order valence-electron chi connectivity index (χ4n) is 1.94. The number of nitrogens with one attached hydrogen (secondary N) is 1. The van der Waals surface area contributed by atoms with Gasteiger partial charge in [-0.2, -0.15) is 4.99 Å². The molecular formula is C8H13N3O. The molecule has 1 aliphatic heterocycles. The topological polar surface area (TPSA) is 67.5 Å². The highest BCUT2D eigenvalue weighted by atomic mass is 16.2. The molecule has 0 spiro atoms. The first-order valence-corrected chi connectivity index (χ1v) is 4.36. The lowest BCUT2D eigenvalue weighted by atomic mass is 9.90. The molecule has 4 heteroatoms. The Morgan fingerprint density at radius 2 is 2.42 bits per heavy atom.